The van der Waals surface area contributed by atoms with E-state index in [0.717, 1.165) is 0 Å². The topological polar surface area (TPSA) is 106 Å². The molecule has 0 bridgehead atoms. The van der Waals surface area contributed by atoms with Gasteiger partial charge in [-0.3, -0.25) is 14.6 Å². The number of hydrazine groups is 1. The van der Waals surface area contributed by atoms with Crippen LogP contribution in [0, 0.1) is 0 Å². The van der Waals surface area contributed by atoms with Gasteiger partial charge in [0.15, 0.2) is 9.84 Å². The summed E-state index contributed by atoms with van der Waals surface area (Å²) in [6.07, 6.45) is 0.649. The highest BCUT2D eigenvalue weighted by atomic mass is 32.2. The first kappa shape index (κ1) is 23.9. The van der Waals surface area contributed by atoms with E-state index in [1.807, 2.05) is 0 Å². The summed E-state index contributed by atoms with van der Waals surface area (Å²) in [6, 6.07) is 11.3. The summed E-state index contributed by atoms with van der Waals surface area (Å²) < 4.78 is 35.0. The first-order chi connectivity index (χ1) is 15.4. The Hall–Kier alpha value is -2.79. The summed E-state index contributed by atoms with van der Waals surface area (Å²) in [7, 11) is -0.519. The van der Waals surface area contributed by atoms with Gasteiger partial charge < -0.3 is 9.47 Å². The number of amides is 2. The number of benzene rings is 1. The molecule has 1 aliphatic heterocycles. The van der Waals surface area contributed by atoms with Gasteiger partial charge in [0, 0.05) is 24.9 Å². The van der Waals surface area contributed by atoms with Gasteiger partial charge in [-0.1, -0.05) is 18.2 Å². The Bertz CT molecular complexity index is 1060. The molecule has 11 heteroatoms. The molecular formula is C21H25N3O6S2. The van der Waals surface area contributed by atoms with Crippen LogP contribution in [0.1, 0.15) is 16.8 Å². The van der Waals surface area contributed by atoms with Crippen LogP contribution in [-0.4, -0.2) is 79.8 Å². The molecule has 9 nitrogen and oxygen atoms in total. The van der Waals surface area contributed by atoms with Gasteiger partial charge in [0.05, 0.1) is 30.6 Å². The van der Waals surface area contributed by atoms with Crippen molar-refractivity contribution < 1.29 is 27.5 Å². The van der Waals surface area contributed by atoms with Crippen LogP contribution >= 0.6 is 11.8 Å². The summed E-state index contributed by atoms with van der Waals surface area (Å²) in [5.41, 5.74) is 0.231. The molecular weight excluding hydrogens is 454 g/mol. The lowest BCUT2D eigenvalue weighted by Crippen LogP contribution is -2.45. The van der Waals surface area contributed by atoms with Gasteiger partial charge in [-0.15, -0.1) is 0 Å². The maximum atomic E-state index is 13.0. The average molecular weight is 480 g/mol. The molecule has 1 fully saturated rings. The minimum Gasteiger partial charge on any atom is -0.481 e. The Morgan fingerprint density at radius 1 is 1.03 bits per heavy atom. The Labute approximate surface area is 191 Å². The number of methoxy groups -OCH3 is 2. The molecule has 0 atom stereocenters. The number of sulfone groups is 1. The SMILES string of the molecule is COc1ccc(C(=O)N2CCCN2C(=O)CSCCS(=O)(=O)c2ccccc2)c(OC)n1. The van der Waals surface area contributed by atoms with E-state index in [4.69, 9.17) is 9.47 Å². The van der Waals surface area contributed by atoms with Crippen molar-refractivity contribution in [3.8, 4) is 11.8 Å². The third-order valence-electron chi connectivity index (χ3n) is 4.85. The Morgan fingerprint density at radius 2 is 1.75 bits per heavy atom. The summed E-state index contributed by atoms with van der Waals surface area (Å²) in [5, 5.41) is 2.79. The summed E-state index contributed by atoms with van der Waals surface area (Å²) in [4.78, 5) is 30.2. The Morgan fingerprint density at radius 3 is 2.44 bits per heavy atom. The van der Waals surface area contributed by atoms with Crippen LogP contribution in [0.3, 0.4) is 0 Å². The number of hydrogen-bond acceptors (Lipinski definition) is 8. The molecule has 172 valence electrons. The van der Waals surface area contributed by atoms with Gasteiger partial charge in [-0.05, 0) is 24.6 Å². The number of nitrogens with zero attached hydrogens (tertiary/aromatic N) is 3. The van der Waals surface area contributed by atoms with Crippen LogP contribution in [0.15, 0.2) is 47.4 Å². The van der Waals surface area contributed by atoms with Gasteiger partial charge in [0.2, 0.25) is 11.8 Å². The molecule has 0 spiro atoms. The van der Waals surface area contributed by atoms with Crippen LogP contribution in [0.25, 0.3) is 0 Å². The maximum Gasteiger partial charge on any atom is 0.277 e. The lowest BCUT2D eigenvalue weighted by Gasteiger charge is -2.28. The van der Waals surface area contributed by atoms with E-state index in [1.165, 1.54) is 36.0 Å². The fourth-order valence-electron chi connectivity index (χ4n) is 3.23. The van der Waals surface area contributed by atoms with Crippen molar-refractivity contribution in [1.29, 1.82) is 0 Å². The second-order valence-corrected chi connectivity index (χ2v) is 10.1. The van der Waals surface area contributed by atoms with Gasteiger partial charge in [0.25, 0.3) is 11.8 Å². The predicted octanol–water partition coefficient (Wildman–Crippen LogP) is 1.90. The van der Waals surface area contributed by atoms with E-state index in [2.05, 4.69) is 4.98 Å². The number of carbonyl (C=O) groups excluding carboxylic acids is 2. The molecule has 2 heterocycles. The van der Waals surface area contributed by atoms with Gasteiger partial charge in [-0.2, -0.15) is 16.7 Å². The second-order valence-electron chi connectivity index (χ2n) is 6.89. The van der Waals surface area contributed by atoms with Crippen molar-refractivity contribution in [3.05, 3.63) is 48.0 Å². The van der Waals surface area contributed by atoms with E-state index in [9.17, 15) is 18.0 Å². The summed E-state index contributed by atoms with van der Waals surface area (Å²) >= 11 is 1.23. The quantitative estimate of drug-likeness (QED) is 0.502. The fraction of sp³-hybridized carbons (Fsp3) is 0.381. The van der Waals surface area contributed by atoms with Gasteiger partial charge in [0.1, 0.15) is 5.56 Å². The summed E-state index contributed by atoms with van der Waals surface area (Å²) in [6.45, 7) is 0.812. The van der Waals surface area contributed by atoms with Gasteiger partial charge in [-0.25, -0.2) is 13.4 Å². The van der Waals surface area contributed by atoms with Crippen molar-refractivity contribution in [2.24, 2.45) is 0 Å². The molecule has 2 amide bonds. The first-order valence-electron chi connectivity index (χ1n) is 9.94. The highest BCUT2D eigenvalue weighted by Crippen LogP contribution is 2.24. The monoisotopic (exact) mass is 479 g/mol. The van der Waals surface area contributed by atoms with Crippen LogP contribution in [-0.2, 0) is 14.6 Å². The third-order valence-corrected chi connectivity index (χ3v) is 7.78. The van der Waals surface area contributed by atoms with Crippen molar-refractivity contribution in [2.75, 3.05) is 44.6 Å². The highest BCUT2D eigenvalue weighted by molar-refractivity contribution is 8.01. The molecule has 0 saturated carbocycles. The number of ether oxygens (including phenoxy) is 2. The molecule has 1 aromatic heterocycles. The number of thioether (sulfide) groups is 1. The third kappa shape index (κ3) is 5.52. The van der Waals surface area contributed by atoms with Gasteiger partial charge >= 0.3 is 0 Å². The highest BCUT2D eigenvalue weighted by Gasteiger charge is 2.33. The lowest BCUT2D eigenvalue weighted by molar-refractivity contribution is -0.137. The zero-order chi connectivity index (χ0) is 23.1. The minimum absolute atomic E-state index is 0.0632. The van der Waals surface area contributed by atoms with E-state index in [1.54, 1.807) is 42.5 Å². The predicted molar refractivity (Wildman–Crippen MR) is 121 cm³/mol. The average Bonchev–Trinajstić information content (AvgIpc) is 3.31. The molecule has 2 aromatic rings. The van der Waals surface area contributed by atoms with Crippen LogP contribution in [0.2, 0.25) is 0 Å². The number of pyridine rings is 1. The van der Waals surface area contributed by atoms with E-state index < -0.39 is 9.84 Å². The molecule has 1 aromatic carbocycles. The van der Waals surface area contributed by atoms with Crippen molar-refractivity contribution >= 4 is 33.4 Å². The smallest absolute Gasteiger partial charge is 0.277 e. The first-order valence-corrected chi connectivity index (χ1v) is 12.7. The lowest BCUT2D eigenvalue weighted by atomic mass is 10.2. The number of carbonyl (C=O) groups is 2. The van der Waals surface area contributed by atoms with Crippen LogP contribution < -0.4 is 9.47 Å². The number of hydrogen-bond donors (Lipinski definition) is 0. The largest absolute Gasteiger partial charge is 0.481 e. The zero-order valence-corrected chi connectivity index (χ0v) is 19.5. The molecule has 32 heavy (non-hydrogen) atoms. The Balaban J connectivity index is 1.58. The number of rotatable bonds is 9. The van der Waals surface area contributed by atoms with E-state index >= 15 is 0 Å². The molecule has 0 radical (unpaired) electrons. The summed E-state index contributed by atoms with van der Waals surface area (Å²) in [5.74, 6) is 0.0843. The molecule has 1 aliphatic rings. The van der Waals surface area contributed by atoms with Crippen LogP contribution in [0.5, 0.6) is 11.8 Å². The second kappa shape index (κ2) is 10.7. The molecule has 0 unspecified atom stereocenters. The van der Waals surface area contributed by atoms with E-state index in [-0.39, 0.29) is 45.4 Å². The molecule has 1 saturated heterocycles. The Kier molecular flexibility index (Phi) is 7.97. The van der Waals surface area contributed by atoms with Crippen molar-refractivity contribution in [1.82, 2.24) is 15.0 Å². The molecule has 3 rings (SSSR count). The van der Waals surface area contributed by atoms with E-state index in [0.29, 0.717) is 25.4 Å². The molecule has 0 N–H and O–H groups in total. The van der Waals surface area contributed by atoms with Crippen molar-refractivity contribution in [2.45, 2.75) is 11.3 Å². The fourth-order valence-corrected chi connectivity index (χ4v) is 5.85. The maximum absolute atomic E-state index is 13.0. The van der Waals surface area contributed by atoms with Crippen LogP contribution in [0.4, 0.5) is 0 Å². The number of aromatic nitrogens is 1. The van der Waals surface area contributed by atoms with Crippen molar-refractivity contribution in [3.63, 3.8) is 0 Å². The molecule has 0 aliphatic carbocycles. The zero-order valence-electron chi connectivity index (χ0n) is 17.9. The minimum atomic E-state index is -3.39. The normalized spacial score (nSPS) is 13.8. The standard InChI is InChI=1S/C21H25N3O6S2/c1-29-18-10-9-17(20(22-18)30-2)21(26)24-12-6-11-23(24)19(25)15-31-13-14-32(27,28)16-7-4-3-5-8-16/h3-5,7-10H,6,11-15H2,1-2H3.